The van der Waals surface area contributed by atoms with E-state index < -0.39 is 35.0 Å². The monoisotopic (exact) mass is 598 g/mol. The van der Waals surface area contributed by atoms with E-state index >= 15 is 0 Å². The van der Waals surface area contributed by atoms with E-state index in [1.165, 1.54) is 31.2 Å². The number of alkyl halides is 3. The number of esters is 1. The second kappa shape index (κ2) is 11.8. The van der Waals surface area contributed by atoms with Crippen LogP contribution >= 0.6 is 22.9 Å². The highest BCUT2D eigenvalue weighted by molar-refractivity contribution is 7.07. The summed E-state index contributed by atoms with van der Waals surface area (Å²) < 4.78 is 54.7. The number of carbonyl (C=O) groups is 1. The van der Waals surface area contributed by atoms with Gasteiger partial charge in [-0.2, -0.15) is 13.2 Å². The molecule has 210 valence electrons. The van der Waals surface area contributed by atoms with Gasteiger partial charge in [0, 0.05) is 5.02 Å². The Morgan fingerprint density at radius 3 is 2.37 bits per heavy atom. The highest BCUT2D eigenvalue weighted by atomic mass is 35.5. The second-order valence-electron chi connectivity index (χ2n) is 8.96. The summed E-state index contributed by atoms with van der Waals surface area (Å²) in [5.74, 6) is -0.590. The van der Waals surface area contributed by atoms with Gasteiger partial charge in [0.1, 0.15) is 12.4 Å². The fourth-order valence-corrected chi connectivity index (χ4v) is 5.48. The maximum atomic E-state index is 14.2. The number of aromatic nitrogens is 1. The zero-order chi connectivity index (χ0) is 29.1. The van der Waals surface area contributed by atoms with Gasteiger partial charge < -0.3 is 9.47 Å². The Morgan fingerprint density at radius 2 is 1.73 bits per heavy atom. The van der Waals surface area contributed by atoms with E-state index in [1.54, 1.807) is 30.3 Å². The second-order valence-corrected chi connectivity index (χ2v) is 10.4. The summed E-state index contributed by atoms with van der Waals surface area (Å²) in [5.41, 5.74) is -0.869. The average molecular weight is 599 g/mol. The highest BCUT2D eigenvalue weighted by Gasteiger charge is 2.45. The van der Waals surface area contributed by atoms with Crippen molar-refractivity contribution in [3.63, 3.8) is 0 Å². The van der Waals surface area contributed by atoms with Crippen molar-refractivity contribution in [3.8, 4) is 5.75 Å². The first-order chi connectivity index (χ1) is 19.7. The summed E-state index contributed by atoms with van der Waals surface area (Å²) in [7, 11) is 0. The number of carbonyl (C=O) groups excluding carboxylic acids is 1. The van der Waals surface area contributed by atoms with Crippen LogP contribution in [-0.4, -0.2) is 23.3 Å². The molecule has 4 aromatic rings. The molecule has 0 saturated heterocycles. The van der Waals surface area contributed by atoms with Crippen LogP contribution in [0.4, 0.5) is 13.2 Å². The number of nitrogens with zero attached hydrogens (tertiary/aromatic N) is 2. The van der Waals surface area contributed by atoms with Gasteiger partial charge in [-0.15, -0.1) is 0 Å². The number of rotatable bonds is 7. The number of allylic oxidation sites excluding steroid dienone is 1. The average Bonchev–Trinajstić information content (AvgIpc) is 3.27. The van der Waals surface area contributed by atoms with Crippen molar-refractivity contribution in [1.29, 1.82) is 0 Å². The van der Waals surface area contributed by atoms with Gasteiger partial charge in [-0.3, -0.25) is 9.36 Å². The molecule has 11 heteroatoms. The minimum Gasteiger partial charge on any atom is -0.489 e. The van der Waals surface area contributed by atoms with Crippen LogP contribution in [0.3, 0.4) is 0 Å². The van der Waals surface area contributed by atoms with E-state index in [4.69, 9.17) is 21.1 Å². The quantitative estimate of drug-likeness (QED) is 0.261. The molecule has 0 spiro atoms. The molecule has 0 aliphatic carbocycles. The van der Waals surface area contributed by atoms with E-state index in [-0.39, 0.29) is 21.5 Å². The third kappa shape index (κ3) is 6.13. The Labute approximate surface area is 241 Å². The maximum absolute atomic E-state index is 14.2. The van der Waals surface area contributed by atoms with Crippen LogP contribution in [0.5, 0.6) is 5.75 Å². The number of hydrogen-bond donors (Lipinski definition) is 0. The van der Waals surface area contributed by atoms with E-state index in [9.17, 15) is 22.8 Å². The Balaban J connectivity index is 1.58. The van der Waals surface area contributed by atoms with Gasteiger partial charge in [-0.1, -0.05) is 77.5 Å². The Morgan fingerprint density at radius 1 is 1.05 bits per heavy atom. The molecule has 1 aliphatic heterocycles. The van der Waals surface area contributed by atoms with Crippen molar-refractivity contribution >= 4 is 35.0 Å². The van der Waals surface area contributed by atoms with Crippen molar-refractivity contribution in [2.75, 3.05) is 6.61 Å². The molecule has 1 aliphatic rings. The minimum atomic E-state index is -4.97. The lowest BCUT2D eigenvalue weighted by Crippen LogP contribution is -2.41. The third-order valence-electron chi connectivity index (χ3n) is 6.21. The number of ether oxygens (including phenoxy) is 2. The van der Waals surface area contributed by atoms with E-state index in [0.29, 0.717) is 22.9 Å². The molecular weight excluding hydrogens is 577 g/mol. The fraction of sp³-hybridized carbons (Fsp3) is 0.167. The summed E-state index contributed by atoms with van der Waals surface area (Å²) >= 11 is 6.81. The molecule has 0 N–H and O–H groups in total. The van der Waals surface area contributed by atoms with Gasteiger partial charge in [-0.25, -0.2) is 9.79 Å². The topological polar surface area (TPSA) is 69.9 Å². The van der Waals surface area contributed by atoms with Crippen molar-refractivity contribution < 1.29 is 27.4 Å². The van der Waals surface area contributed by atoms with Crippen LogP contribution in [0.2, 0.25) is 5.02 Å². The van der Waals surface area contributed by atoms with Crippen LogP contribution in [0.15, 0.2) is 99.9 Å². The summed E-state index contributed by atoms with van der Waals surface area (Å²) in [6, 6.07) is 21.1. The number of benzene rings is 3. The Bertz CT molecular complexity index is 1780. The highest BCUT2D eigenvalue weighted by Crippen LogP contribution is 2.38. The molecule has 2 heterocycles. The number of thiazole rings is 1. The summed E-state index contributed by atoms with van der Waals surface area (Å²) in [4.78, 5) is 30.1. The molecule has 5 rings (SSSR count). The molecule has 0 bridgehead atoms. The molecular formula is C30H22ClF3N2O4S. The van der Waals surface area contributed by atoms with Crippen molar-refractivity contribution in [2.24, 2.45) is 4.99 Å². The molecule has 3 aromatic carbocycles. The maximum Gasteiger partial charge on any atom is 0.434 e. The largest absolute Gasteiger partial charge is 0.489 e. The van der Waals surface area contributed by atoms with Crippen molar-refractivity contribution in [3.05, 3.63) is 132 Å². The standard InChI is InChI=1S/C30H22ClF3N2O4S/c1-2-39-28(38)24-25(20-10-12-21(31)13-11-20)36-27(37)23(41-29(36)35-26(24)30(32,33)34)16-18-8-14-22(15-9-18)40-17-19-6-4-3-5-7-19/h3-16,25H,2,17H2,1H3/b23-16-. The molecule has 0 radical (unpaired) electrons. The molecule has 1 atom stereocenters. The van der Waals surface area contributed by atoms with Crippen LogP contribution in [0.1, 0.15) is 29.7 Å². The Kier molecular flexibility index (Phi) is 8.14. The first-order valence-corrected chi connectivity index (χ1v) is 13.7. The zero-order valence-electron chi connectivity index (χ0n) is 21.5. The van der Waals surface area contributed by atoms with E-state index in [2.05, 4.69) is 4.99 Å². The fourth-order valence-electron chi connectivity index (χ4n) is 4.35. The number of fused-ring (bicyclic) bond motifs is 1. The van der Waals surface area contributed by atoms with Gasteiger partial charge in [0.2, 0.25) is 0 Å². The van der Waals surface area contributed by atoms with Gasteiger partial charge >= 0.3 is 12.1 Å². The predicted octanol–water partition coefficient (Wildman–Crippen LogP) is 5.57. The smallest absolute Gasteiger partial charge is 0.434 e. The normalized spacial score (nSPS) is 15.3. The van der Waals surface area contributed by atoms with Crippen molar-refractivity contribution in [2.45, 2.75) is 25.7 Å². The van der Waals surface area contributed by atoms with Gasteiger partial charge in [0.25, 0.3) is 5.56 Å². The van der Waals surface area contributed by atoms with Crippen molar-refractivity contribution in [1.82, 2.24) is 4.57 Å². The molecule has 1 unspecified atom stereocenters. The summed E-state index contributed by atoms with van der Waals surface area (Å²) in [6.07, 6.45) is -3.41. The minimum absolute atomic E-state index is 0.146. The lowest BCUT2D eigenvalue weighted by molar-refractivity contribution is -0.140. The molecule has 6 nitrogen and oxygen atoms in total. The van der Waals surface area contributed by atoms with Gasteiger partial charge in [0.15, 0.2) is 10.5 Å². The number of hydrogen-bond acceptors (Lipinski definition) is 6. The van der Waals surface area contributed by atoms with Gasteiger partial charge in [0.05, 0.1) is 22.8 Å². The van der Waals surface area contributed by atoms with Crippen LogP contribution in [0.25, 0.3) is 6.08 Å². The Hall–Kier alpha value is -4.15. The summed E-state index contributed by atoms with van der Waals surface area (Å²) in [6.45, 7) is 1.71. The molecule has 0 amide bonds. The van der Waals surface area contributed by atoms with Crippen LogP contribution < -0.4 is 19.6 Å². The lowest BCUT2D eigenvalue weighted by Gasteiger charge is -2.26. The molecule has 1 aromatic heterocycles. The van der Waals surface area contributed by atoms with Crippen LogP contribution in [-0.2, 0) is 16.1 Å². The first-order valence-electron chi connectivity index (χ1n) is 12.5. The first kappa shape index (κ1) is 28.4. The molecule has 0 saturated carbocycles. The van der Waals surface area contributed by atoms with Gasteiger partial charge in [-0.05, 0) is 54.0 Å². The van der Waals surface area contributed by atoms with Crippen LogP contribution in [0, 0.1) is 0 Å². The van der Waals surface area contributed by atoms with E-state index in [1.807, 2.05) is 30.3 Å². The SMILES string of the molecule is CCOC(=O)C1=C(C(F)(F)F)N=c2s/c(=C\c3ccc(OCc4ccccc4)cc3)c(=O)n2C1c1ccc(Cl)cc1. The molecule has 0 fully saturated rings. The lowest BCUT2D eigenvalue weighted by atomic mass is 9.95. The predicted molar refractivity (Wildman–Crippen MR) is 149 cm³/mol. The number of halogens is 4. The summed E-state index contributed by atoms with van der Waals surface area (Å²) in [5, 5.41) is 0.343. The zero-order valence-corrected chi connectivity index (χ0v) is 23.1. The third-order valence-corrected chi connectivity index (χ3v) is 7.44. The molecule has 41 heavy (non-hydrogen) atoms. The van der Waals surface area contributed by atoms with E-state index in [0.717, 1.165) is 21.5 Å².